The van der Waals surface area contributed by atoms with Crippen LogP contribution in [-0.2, 0) is 6.18 Å². The lowest BCUT2D eigenvalue weighted by Gasteiger charge is -2.24. The number of nitrogens with zero attached hydrogens (tertiary/aromatic N) is 2. The van der Waals surface area contributed by atoms with Crippen LogP contribution >= 0.6 is 0 Å². The number of alkyl halides is 3. The van der Waals surface area contributed by atoms with E-state index in [0.717, 1.165) is 11.0 Å². The van der Waals surface area contributed by atoms with Gasteiger partial charge in [-0.3, -0.25) is 4.79 Å². The molecule has 0 saturated heterocycles. The summed E-state index contributed by atoms with van der Waals surface area (Å²) < 4.78 is 50.9. The third-order valence-electron chi connectivity index (χ3n) is 2.64. The fraction of sp³-hybridized carbons (Fsp3) is 0.385. The molecule has 0 bridgehead atoms. The summed E-state index contributed by atoms with van der Waals surface area (Å²) in [6, 6.07) is 3.44. The number of carbonyl (C=O) groups is 1. The fourth-order valence-electron chi connectivity index (χ4n) is 1.61. The number of hydrogen-bond donors (Lipinski definition) is 0. The summed E-state index contributed by atoms with van der Waals surface area (Å²) in [5.41, 5.74) is -1.80. The number of nitriles is 1. The zero-order chi connectivity index (χ0) is 15.5. The molecule has 0 aliphatic heterocycles. The third-order valence-corrected chi connectivity index (χ3v) is 2.64. The largest absolute Gasteiger partial charge is 0.419 e. The van der Waals surface area contributed by atoms with Crippen molar-refractivity contribution in [2.75, 3.05) is 6.54 Å². The molecule has 0 heterocycles. The van der Waals surface area contributed by atoms with Gasteiger partial charge in [0.1, 0.15) is 12.4 Å². The normalized spacial score (nSPS) is 11.3. The Bertz CT molecular complexity index is 546. The van der Waals surface area contributed by atoms with Crippen molar-refractivity contribution in [2.24, 2.45) is 0 Å². The topological polar surface area (TPSA) is 44.1 Å². The fourth-order valence-corrected chi connectivity index (χ4v) is 1.61. The van der Waals surface area contributed by atoms with Crippen molar-refractivity contribution >= 4 is 5.91 Å². The van der Waals surface area contributed by atoms with Crippen LogP contribution in [-0.4, -0.2) is 23.4 Å². The second-order valence-electron chi connectivity index (χ2n) is 4.38. The van der Waals surface area contributed by atoms with E-state index in [-0.39, 0.29) is 18.2 Å². The van der Waals surface area contributed by atoms with Crippen molar-refractivity contribution in [3.05, 3.63) is 35.1 Å². The zero-order valence-electron chi connectivity index (χ0n) is 10.8. The van der Waals surface area contributed by atoms with E-state index in [4.69, 9.17) is 5.26 Å². The molecule has 0 aliphatic rings. The molecule has 1 amide bonds. The first-order valence-corrected chi connectivity index (χ1v) is 5.73. The minimum atomic E-state index is -4.88. The molecule has 0 unspecified atom stereocenters. The van der Waals surface area contributed by atoms with E-state index in [9.17, 15) is 22.4 Å². The summed E-state index contributed by atoms with van der Waals surface area (Å²) in [6.45, 7) is 3.00. The summed E-state index contributed by atoms with van der Waals surface area (Å²) >= 11 is 0. The maximum atomic E-state index is 13.1. The van der Waals surface area contributed by atoms with Crippen LogP contribution in [0, 0.1) is 17.1 Å². The lowest BCUT2D eigenvalue weighted by atomic mass is 10.1. The molecule has 1 aromatic rings. The van der Waals surface area contributed by atoms with Gasteiger partial charge in [-0.1, -0.05) is 0 Å². The molecule has 108 valence electrons. The van der Waals surface area contributed by atoms with Gasteiger partial charge in [-0.15, -0.1) is 0 Å². The Labute approximate surface area is 113 Å². The van der Waals surface area contributed by atoms with Crippen molar-refractivity contribution in [2.45, 2.75) is 26.1 Å². The molecule has 1 rings (SSSR count). The van der Waals surface area contributed by atoms with Crippen LogP contribution in [0.25, 0.3) is 0 Å². The Morgan fingerprint density at radius 2 is 2.00 bits per heavy atom. The highest BCUT2D eigenvalue weighted by Crippen LogP contribution is 2.32. The van der Waals surface area contributed by atoms with Crippen LogP contribution in [0.2, 0.25) is 0 Å². The zero-order valence-corrected chi connectivity index (χ0v) is 10.8. The number of hydrogen-bond acceptors (Lipinski definition) is 2. The molecule has 3 nitrogen and oxygen atoms in total. The van der Waals surface area contributed by atoms with Gasteiger partial charge in [0.2, 0.25) is 0 Å². The Morgan fingerprint density at radius 3 is 2.45 bits per heavy atom. The highest BCUT2D eigenvalue weighted by molar-refractivity contribution is 5.94. The highest BCUT2D eigenvalue weighted by Gasteiger charge is 2.35. The molecule has 0 saturated carbocycles. The molecule has 0 radical (unpaired) electrons. The van der Waals surface area contributed by atoms with Gasteiger partial charge in [0, 0.05) is 11.6 Å². The quantitative estimate of drug-likeness (QED) is 0.633. The molecule has 0 fully saturated rings. The SMILES string of the molecule is CC(C)N(CC#N)C(=O)c1ccc(F)c(C(F)(F)F)c1. The maximum Gasteiger partial charge on any atom is 0.419 e. The van der Waals surface area contributed by atoms with E-state index in [1.54, 1.807) is 19.9 Å². The highest BCUT2D eigenvalue weighted by atomic mass is 19.4. The first-order valence-electron chi connectivity index (χ1n) is 5.73. The van der Waals surface area contributed by atoms with Crippen LogP contribution in [0.5, 0.6) is 0 Å². The maximum absolute atomic E-state index is 13.1. The second kappa shape index (κ2) is 5.90. The molecular formula is C13H12F4N2O. The molecule has 0 aromatic heterocycles. The van der Waals surface area contributed by atoms with Crippen LogP contribution in [0.4, 0.5) is 17.6 Å². The van der Waals surface area contributed by atoms with E-state index >= 15 is 0 Å². The minimum Gasteiger partial charge on any atom is -0.323 e. The van der Waals surface area contributed by atoms with Crippen LogP contribution in [0.3, 0.4) is 0 Å². The molecule has 20 heavy (non-hydrogen) atoms. The van der Waals surface area contributed by atoms with Crippen molar-refractivity contribution in [1.82, 2.24) is 4.90 Å². The van der Waals surface area contributed by atoms with Gasteiger partial charge in [0.25, 0.3) is 5.91 Å². The van der Waals surface area contributed by atoms with Crippen LogP contribution < -0.4 is 0 Å². The predicted octanol–water partition coefficient (Wildman–Crippen LogP) is 3.22. The van der Waals surface area contributed by atoms with Gasteiger partial charge in [0.15, 0.2) is 0 Å². The van der Waals surface area contributed by atoms with Gasteiger partial charge >= 0.3 is 6.18 Å². The van der Waals surface area contributed by atoms with Crippen molar-refractivity contribution in [3.63, 3.8) is 0 Å². The summed E-state index contributed by atoms with van der Waals surface area (Å²) in [4.78, 5) is 13.2. The number of amides is 1. The number of halogens is 4. The molecule has 0 N–H and O–H groups in total. The smallest absolute Gasteiger partial charge is 0.323 e. The first kappa shape index (κ1) is 16.0. The second-order valence-corrected chi connectivity index (χ2v) is 4.38. The van der Waals surface area contributed by atoms with Crippen molar-refractivity contribution in [3.8, 4) is 6.07 Å². The van der Waals surface area contributed by atoms with Crippen molar-refractivity contribution < 1.29 is 22.4 Å². The van der Waals surface area contributed by atoms with E-state index < -0.39 is 23.5 Å². The molecule has 0 spiro atoms. The monoisotopic (exact) mass is 288 g/mol. The Hall–Kier alpha value is -2.10. The Balaban J connectivity index is 3.21. The average molecular weight is 288 g/mol. The summed E-state index contributed by atoms with van der Waals surface area (Å²) in [5, 5.41) is 8.63. The number of benzene rings is 1. The van der Waals surface area contributed by atoms with Crippen LogP contribution in [0.1, 0.15) is 29.8 Å². The Kier molecular flexibility index (Phi) is 4.71. The summed E-state index contributed by atoms with van der Waals surface area (Å²) in [7, 11) is 0. The van der Waals surface area contributed by atoms with Crippen LogP contribution in [0.15, 0.2) is 18.2 Å². The number of rotatable bonds is 3. The van der Waals surface area contributed by atoms with E-state index in [1.165, 1.54) is 0 Å². The Morgan fingerprint density at radius 1 is 1.40 bits per heavy atom. The third kappa shape index (κ3) is 3.47. The lowest BCUT2D eigenvalue weighted by Crippen LogP contribution is -2.37. The van der Waals surface area contributed by atoms with E-state index in [0.29, 0.717) is 12.1 Å². The van der Waals surface area contributed by atoms with Gasteiger partial charge < -0.3 is 4.90 Å². The number of carbonyl (C=O) groups excluding carboxylic acids is 1. The molecule has 1 aromatic carbocycles. The standard InChI is InChI=1S/C13H12F4N2O/c1-8(2)19(6-5-18)12(20)9-3-4-11(14)10(7-9)13(15,16)17/h3-4,7-8H,6H2,1-2H3. The lowest BCUT2D eigenvalue weighted by molar-refractivity contribution is -0.140. The molecule has 0 atom stereocenters. The first-order chi connectivity index (χ1) is 9.18. The summed E-state index contributed by atoms with van der Waals surface area (Å²) in [5.74, 6) is -2.18. The van der Waals surface area contributed by atoms with Crippen molar-refractivity contribution in [1.29, 1.82) is 5.26 Å². The van der Waals surface area contributed by atoms with Gasteiger partial charge in [-0.05, 0) is 32.0 Å². The van der Waals surface area contributed by atoms with E-state index in [1.807, 2.05) is 0 Å². The molecule has 7 heteroatoms. The minimum absolute atomic E-state index is 0.255. The average Bonchev–Trinajstić information content (AvgIpc) is 2.34. The molecular weight excluding hydrogens is 276 g/mol. The summed E-state index contributed by atoms with van der Waals surface area (Å²) in [6.07, 6.45) is -4.88. The van der Waals surface area contributed by atoms with Gasteiger partial charge in [-0.25, -0.2) is 4.39 Å². The van der Waals surface area contributed by atoms with E-state index in [2.05, 4.69) is 0 Å². The van der Waals surface area contributed by atoms with Gasteiger partial charge in [-0.2, -0.15) is 18.4 Å². The predicted molar refractivity (Wildman–Crippen MR) is 63.2 cm³/mol. The van der Waals surface area contributed by atoms with Gasteiger partial charge in [0.05, 0.1) is 11.6 Å². The molecule has 0 aliphatic carbocycles.